The smallest absolute Gasteiger partial charge is 0.189 e. The Morgan fingerprint density at radius 1 is 1.03 bits per heavy atom. The molecular weight excluding hydrogens is 387 g/mol. The first kappa shape index (κ1) is 19.4. The van der Waals surface area contributed by atoms with Gasteiger partial charge in [0.2, 0.25) is 0 Å². The molecular formula is C25H20ClFO2. The average Bonchev–Trinajstić information content (AvgIpc) is 3.19. The molecule has 1 aliphatic carbocycles. The van der Waals surface area contributed by atoms with E-state index in [1.54, 1.807) is 19.2 Å². The molecule has 0 saturated heterocycles. The van der Waals surface area contributed by atoms with Crippen LogP contribution in [0.4, 0.5) is 4.39 Å². The molecule has 4 heteroatoms. The second-order valence-electron chi connectivity index (χ2n) is 7.15. The summed E-state index contributed by atoms with van der Waals surface area (Å²) >= 11 is 6.03. The molecule has 2 nitrogen and oxygen atoms in total. The summed E-state index contributed by atoms with van der Waals surface area (Å²) in [6.07, 6.45) is 2.74. The van der Waals surface area contributed by atoms with Gasteiger partial charge in [-0.05, 0) is 42.3 Å². The minimum atomic E-state index is -0.419. The minimum absolute atomic E-state index is 0.0645. The molecule has 0 heterocycles. The Kier molecular flexibility index (Phi) is 5.50. The highest BCUT2D eigenvalue weighted by atomic mass is 35.5. The second-order valence-corrected chi connectivity index (χ2v) is 7.59. The number of para-hydroxylation sites is 1. The van der Waals surface area contributed by atoms with Crippen LogP contribution in [0.3, 0.4) is 0 Å². The Hall–Kier alpha value is -2.91. The van der Waals surface area contributed by atoms with Crippen molar-refractivity contribution >= 4 is 17.4 Å². The number of halogens is 2. The molecule has 1 aliphatic rings. The number of ketones is 1. The van der Waals surface area contributed by atoms with E-state index in [0.29, 0.717) is 16.2 Å². The maximum atomic E-state index is 13.7. The van der Waals surface area contributed by atoms with Crippen molar-refractivity contribution in [3.63, 3.8) is 0 Å². The molecule has 0 radical (unpaired) electrons. The van der Waals surface area contributed by atoms with E-state index < -0.39 is 5.82 Å². The van der Waals surface area contributed by atoms with Crippen LogP contribution in [-0.4, -0.2) is 12.9 Å². The lowest BCUT2D eigenvalue weighted by molar-refractivity contribution is 0.102. The lowest BCUT2D eigenvalue weighted by Crippen LogP contribution is -2.10. The minimum Gasteiger partial charge on any atom is -0.496 e. The van der Waals surface area contributed by atoms with Gasteiger partial charge in [0.15, 0.2) is 5.78 Å². The van der Waals surface area contributed by atoms with Crippen LogP contribution in [0.2, 0.25) is 5.02 Å². The number of ether oxygens (including phenoxy) is 1. The van der Waals surface area contributed by atoms with Crippen LogP contribution in [0.1, 0.15) is 39.7 Å². The van der Waals surface area contributed by atoms with Gasteiger partial charge in [0.1, 0.15) is 11.6 Å². The van der Waals surface area contributed by atoms with Crippen LogP contribution in [0.25, 0.3) is 0 Å². The fourth-order valence-electron chi connectivity index (χ4n) is 4.00. The van der Waals surface area contributed by atoms with Gasteiger partial charge in [-0.3, -0.25) is 4.79 Å². The number of methoxy groups -OCH3 is 1. The molecule has 0 aliphatic heterocycles. The predicted molar refractivity (Wildman–Crippen MR) is 113 cm³/mol. The largest absolute Gasteiger partial charge is 0.496 e. The van der Waals surface area contributed by atoms with Crippen molar-refractivity contribution in [2.75, 3.05) is 7.11 Å². The predicted octanol–water partition coefficient (Wildman–Crippen LogP) is 6.57. The Morgan fingerprint density at radius 3 is 2.52 bits per heavy atom. The van der Waals surface area contributed by atoms with Crippen LogP contribution in [0.5, 0.6) is 5.75 Å². The fraction of sp³-hybridized carbons (Fsp3) is 0.160. The third-order valence-corrected chi connectivity index (χ3v) is 5.66. The number of Topliss-reactive ketones (excluding diaryl/α,β-unsaturated/α-hetero) is 1. The van der Waals surface area contributed by atoms with E-state index >= 15 is 0 Å². The van der Waals surface area contributed by atoms with Crippen LogP contribution >= 0.6 is 11.6 Å². The van der Waals surface area contributed by atoms with E-state index in [1.807, 2.05) is 54.6 Å². The van der Waals surface area contributed by atoms with Crippen LogP contribution < -0.4 is 4.74 Å². The van der Waals surface area contributed by atoms with E-state index in [1.165, 1.54) is 12.1 Å². The third-order valence-electron chi connectivity index (χ3n) is 5.41. The molecule has 146 valence electrons. The maximum Gasteiger partial charge on any atom is 0.189 e. The highest BCUT2D eigenvalue weighted by Gasteiger charge is 2.34. The lowest BCUT2D eigenvalue weighted by Gasteiger charge is -2.19. The molecule has 3 aromatic rings. The zero-order chi connectivity index (χ0) is 20.4. The highest BCUT2D eigenvalue weighted by molar-refractivity contribution is 6.30. The van der Waals surface area contributed by atoms with Crippen molar-refractivity contribution in [1.82, 2.24) is 0 Å². The van der Waals surface area contributed by atoms with E-state index in [-0.39, 0.29) is 17.6 Å². The summed E-state index contributed by atoms with van der Waals surface area (Å²) in [4.78, 5) is 13.3. The number of allylic oxidation sites excluding steroid dienone is 2. The van der Waals surface area contributed by atoms with E-state index in [9.17, 15) is 9.18 Å². The standard InChI is InChI=1S/C25H20ClFO2/c1-29-24-8-3-2-7-21(24)22-14-18(16-9-11-19(26)12-10-16)15-23(22)25(28)17-5-4-6-20(27)13-17/h2-13,15,18,22H,14H2,1H3. The molecule has 3 aromatic carbocycles. The molecule has 2 atom stereocenters. The summed E-state index contributed by atoms with van der Waals surface area (Å²) in [6.45, 7) is 0. The van der Waals surface area contributed by atoms with Crippen molar-refractivity contribution in [1.29, 1.82) is 0 Å². The van der Waals surface area contributed by atoms with Crippen molar-refractivity contribution < 1.29 is 13.9 Å². The lowest BCUT2D eigenvalue weighted by atomic mass is 9.86. The highest BCUT2D eigenvalue weighted by Crippen LogP contribution is 2.46. The van der Waals surface area contributed by atoms with E-state index in [4.69, 9.17) is 16.3 Å². The topological polar surface area (TPSA) is 26.3 Å². The van der Waals surface area contributed by atoms with Crippen LogP contribution in [0.15, 0.2) is 84.4 Å². The van der Waals surface area contributed by atoms with Crippen molar-refractivity contribution in [3.05, 3.63) is 112 Å². The molecule has 0 bridgehead atoms. The molecule has 29 heavy (non-hydrogen) atoms. The first-order valence-electron chi connectivity index (χ1n) is 9.47. The maximum absolute atomic E-state index is 13.7. The molecule has 0 saturated carbocycles. The molecule has 2 unspecified atom stereocenters. The molecule has 0 fully saturated rings. The molecule has 0 spiro atoms. The number of hydrogen-bond acceptors (Lipinski definition) is 2. The summed E-state index contributed by atoms with van der Waals surface area (Å²) in [5.41, 5.74) is 3.08. The summed E-state index contributed by atoms with van der Waals surface area (Å²) in [7, 11) is 1.63. The van der Waals surface area contributed by atoms with Crippen molar-refractivity contribution in [2.24, 2.45) is 0 Å². The Balaban J connectivity index is 1.78. The third kappa shape index (κ3) is 3.96. The number of carbonyl (C=O) groups is 1. The van der Waals surface area contributed by atoms with Gasteiger partial charge in [0.25, 0.3) is 0 Å². The zero-order valence-electron chi connectivity index (χ0n) is 15.9. The van der Waals surface area contributed by atoms with Gasteiger partial charge >= 0.3 is 0 Å². The van der Waals surface area contributed by atoms with Crippen molar-refractivity contribution in [3.8, 4) is 5.75 Å². The van der Waals surface area contributed by atoms with E-state index in [2.05, 4.69) is 0 Å². The van der Waals surface area contributed by atoms with Gasteiger partial charge < -0.3 is 4.74 Å². The second kappa shape index (κ2) is 8.22. The molecule has 0 N–H and O–H groups in total. The average molecular weight is 407 g/mol. The van der Waals surface area contributed by atoms with Gasteiger partial charge in [-0.1, -0.05) is 60.1 Å². The summed E-state index contributed by atoms with van der Waals surface area (Å²) in [5.74, 6) is 0.0962. The van der Waals surface area contributed by atoms with Gasteiger partial charge in [0, 0.05) is 33.6 Å². The summed E-state index contributed by atoms with van der Waals surface area (Å²) < 4.78 is 19.3. The zero-order valence-corrected chi connectivity index (χ0v) is 16.7. The van der Waals surface area contributed by atoms with Crippen LogP contribution in [0, 0.1) is 5.82 Å². The quantitative estimate of drug-likeness (QED) is 0.448. The van der Waals surface area contributed by atoms with E-state index in [0.717, 1.165) is 23.3 Å². The fourth-order valence-corrected chi connectivity index (χ4v) is 4.13. The monoisotopic (exact) mass is 406 g/mol. The number of benzene rings is 3. The summed E-state index contributed by atoms with van der Waals surface area (Å²) in [6, 6.07) is 21.3. The van der Waals surface area contributed by atoms with Gasteiger partial charge in [-0.15, -0.1) is 0 Å². The first-order chi connectivity index (χ1) is 14.1. The Morgan fingerprint density at radius 2 is 1.79 bits per heavy atom. The Labute approximate surface area is 174 Å². The SMILES string of the molecule is COc1ccccc1C1CC(c2ccc(Cl)cc2)C=C1C(=O)c1cccc(F)c1. The number of carbonyl (C=O) groups excluding carboxylic acids is 1. The van der Waals surface area contributed by atoms with Crippen molar-refractivity contribution in [2.45, 2.75) is 18.3 Å². The molecule has 0 aromatic heterocycles. The molecule has 4 rings (SSSR count). The Bertz CT molecular complexity index is 1070. The van der Waals surface area contributed by atoms with Gasteiger partial charge in [-0.2, -0.15) is 0 Å². The normalized spacial score (nSPS) is 18.4. The van der Waals surface area contributed by atoms with Gasteiger partial charge in [0.05, 0.1) is 7.11 Å². The molecule has 0 amide bonds. The number of rotatable bonds is 5. The summed E-state index contributed by atoms with van der Waals surface area (Å²) in [5, 5.41) is 0.674. The van der Waals surface area contributed by atoms with Crippen LogP contribution in [-0.2, 0) is 0 Å². The van der Waals surface area contributed by atoms with Gasteiger partial charge in [-0.25, -0.2) is 4.39 Å². The first-order valence-corrected chi connectivity index (χ1v) is 9.85. The number of hydrogen-bond donors (Lipinski definition) is 0.